The van der Waals surface area contributed by atoms with Gasteiger partial charge in [-0.3, -0.25) is 0 Å². The minimum absolute atomic E-state index is 0.238. The van der Waals surface area contributed by atoms with E-state index in [1.807, 2.05) is 30.3 Å². The van der Waals surface area contributed by atoms with Crippen molar-refractivity contribution in [1.29, 1.82) is 0 Å². The van der Waals surface area contributed by atoms with Crippen LogP contribution in [0.4, 0.5) is 0 Å². The Bertz CT molecular complexity index is 386. The summed E-state index contributed by atoms with van der Waals surface area (Å²) in [6, 6.07) is 9.76. The van der Waals surface area contributed by atoms with Gasteiger partial charge >= 0.3 is 5.97 Å². The highest BCUT2D eigenvalue weighted by molar-refractivity contribution is 5.81. The van der Waals surface area contributed by atoms with Crippen molar-refractivity contribution in [2.45, 2.75) is 26.1 Å². The third-order valence-electron chi connectivity index (χ3n) is 2.37. The number of aliphatic hydroxyl groups excluding tert-OH is 1. The van der Waals surface area contributed by atoms with E-state index in [2.05, 4.69) is 0 Å². The van der Waals surface area contributed by atoms with E-state index in [0.717, 1.165) is 5.56 Å². The molecule has 1 atom stereocenters. The maximum absolute atomic E-state index is 11.0. The van der Waals surface area contributed by atoms with Crippen LogP contribution in [0.1, 0.15) is 18.9 Å². The summed E-state index contributed by atoms with van der Waals surface area (Å²) < 4.78 is 10.1. The van der Waals surface area contributed by atoms with Gasteiger partial charge in [0, 0.05) is 6.08 Å². The fourth-order valence-corrected chi connectivity index (χ4v) is 1.47. The van der Waals surface area contributed by atoms with Gasteiger partial charge in [-0.05, 0) is 18.9 Å². The molecule has 4 nitrogen and oxygen atoms in total. The molecule has 19 heavy (non-hydrogen) atoms. The average molecular weight is 264 g/mol. The lowest BCUT2D eigenvalue weighted by Crippen LogP contribution is -2.14. The van der Waals surface area contributed by atoms with Crippen molar-refractivity contribution >= 4 is 5.97 Å². The van der Waals surface area contributed by atoms with Gasteiger partial charge in [0.15, 0.2) is 0 Å². The molecule has 0 bridgehead atoms. The monoisotopic (exact) mass is 264 g/mol. The Morgan fingerprint density at radius 1 is 1.37 bits per heavy atom. The molecule has 0 aliphatic heterocycles. The fourth-order valence-electron chi connectivity index (χ4n) is 1.47. The highest BCUT2D eigenvalue weighted by Crippen LogP contribution is 2.02. The SMILES string of the molecule is CCOC(=O)/C=C\C[C@H](O)COCc1ccccc1. The summed E-state index contributed by atoms with van der Waals surface area (Å²) in [4.78, 5) is 11.0. The summed E-state index contributed by atoms with van der Waals surface area (Å²) in [5.41, 5.74) is 1.07. The minimum Gasteiger partial charge on any atom is -0.463 e. The molecule has 0 aliphatic carbocycles. The Morgan fingerprint density at radius 3 is 2.79 bits per heavy atom. The number of carbonyl (C=O) groups excluding carboxylic acids is 1. The van der Waals surface area contributed by atoms with Crippen LogP contribution >= 0.6 is 0 Å². The van der Waals surface area contributed by atoms with Gasteiger partial charge in [0.05, 0.1) is 25.9 Å². The van der Waals surface area contributed by atoms with Crippen molar-refractivity contribution in [2.75, 3.05) is 13.2 Å². The van der Waals surface area contributed by atoms with E-state index in [4.69, 9.17) is 9.47 Å². The largest absolute Gasteiger partial charge is 0.463 e. The van der Waals surface area contributed by atoms with Gasteiger partial charge in [0.1, 0.15) is 0 Å². The molecule has 0 aromatic heterocycles. The van der Waals surface area contributed by atoms with E-state index in [9.17, 15) is 9.90 Å². The molecule has 104 valence electrons. The van der Waals surface area contributed by atoms with Crippen LogP contribution in [0.15, 0.2) is 42.5 Å². The van der Waals surface area contributed by atoms with Gasteiger partial charge in [-0.15, -0.1) is 0 Å². The van der Waals surface area contributed by atoms with Gasteiger partial charge < -0.3 is 14.6 Å². The highest BCUT2D eigenvalue weighted by Gasteiger charge is 2.02. The van der Waals surface area contributed by atoms with Crippen molar-refractivity contribution < 1.29 is 19.4 Å². The van der Waals surface area contributed by atoms with Crippen LogP contribution in [0, 0.1) is 0 Å². The molecular weight excluding hydrogens is 244 g/mol. The summed E-state index contributed by atoms with van der Waals surface area (Å²) in [6.07, 6.45) is 2.67. The molecule has 0 spiro atoms. The zero-order chi connectivity index (χ0) is 13.9. The van der Waals surface area contributed by atoms with Gasteiger partial charge in [-0.1, -0.05) is 36.4 Å². The average Bonchev–Trinajstić information content (AvgIpc) is 2.40. The Kier molecular flexibility index (Phi) is 7.54. The number of hydrogen-bond donors (Lipinski definition) is 1. The molecule has 1 N–H and O–H groups in total. The molecule has 0 saturated heterocycles. The third-order valence-corrected chi connectivity index (χ3v) is 2.37. The Hall–Kier alpha value is -1.65. The number of esters is 1. The normalized spacial score (nSPS) is 12.5. The topological polar surface area (TPSA) is 55.8 Å². The van der Waals surface area contributed by atoms with E-state index in [-0.39, 0.29) is 12.6 Å². The first kappa shape index (κ1) is 15.4. The van der Waals surface area contributed by atoms with E-state index in [1.54, 1.807) is 13.0 Å². The van der Waals surface area contributed by atoms with Crippen molar-refractivity contribution in [3.8, 4) is 0 Å². The predicted octanol–water partition coefficient (Wildman–Crippen LogP) is 2.07. The van der Waals surface area contributed by atoms with Crippen LogP contribution in [0.25, 0.3) is 0 Å². The van der Waals surface area contributed by atoms with Crippen LogP contribution in [0.2, 0.25) is 0 Å². The van der Waals surface area contributed by atoms with Crippen molar-refractivity contribution in [3.05, 3.63) is 48.0 Å². The zero-order valence-corrected chi connectivity index (χ0v) is 11.1. The first-order valence-electron chi connectivity index (χ1n) is 6.35. The molecule has 0 fully saturated rings. The van der Waals surface area contributed by atoms with Gasteiger partial charge in [-0.2, -0.15) is 0 Å². The summed E-state index contributed by atoms with van der Waals surface area (Å²) in [6.45, 7) is 2.81. The second-order valence-corrected chi connectivity index (χ2v) is 4.04. The molecule has 1 rings (SSSR count). The molecule has 0 radical (unpaired) electrons. The molecule has 0 aliphatic rings. The van der Waals surface area contributed by atoms with Gasteiger partial charge in [-0.25, -0.2) is 4.79 Å². The van der Waals surface area contributed by atoms with Crippen LogP contribution in [0.3, 0.4) is 0 Å². The van der Waals surface area contributed by atoms with Crippen LogP contribution < -0.4 is 0 Å². The third kappa shape index (κ3) is 7.39. The lowest BCUT2D eigenvalue weighted by atomic mass is 10.2. The molecule has 0 saturated carbocycles. The summed E-state index contributed by atoms with van der Waals surface area (Å²) in [5, 5.41) is 9.64. The fraction of sp³-hybridized carbons (Fsp3) is 0.400. The van der Waals surface area contributed by atoms with Gasteiger partial charge in [0.2, 0.25) is 0 Å². The van der Waals surface area contributed by atoms with Crippen molar-refractivity contribution in [1.82, 2.24) is 0 Å². The van der Waals surface area contributed by atoms with Gasteiger partial charge in [0.25, 0.3) is 0 Å². The zero-order valence-electron chi connectivity index (χ0n) is 11.1. The van der Waals surface area contributed by atoms with Crippen molar-refractivity contribution in [3.63, 3.8) is 0 Å². The maximum Gasteiger partial charge on any atom is 0.330 e. The second-order valence-electron chi connectivity index (χ2n) is 4.04. The number of ether oxygens (including phenoxy) is 2. The molecule has 4 heteroatoms. The maximum atomic E-state index is 11.0. The minimum atomic E-state index is -0.616. The van der Waals surface area contributed by atoms with Crippen LogP contribution in [-0.2, 0) is 20.9 Å². The second kappa shape index (κ2) is 9.30. The number of hydrogen-bond acceptors (Lipinski definition) is 4. The van der Waals surface area contributed by atoms with E-state index in [0.29, 0.717) is 19.6 Å². The smallest absolute Gasteiger partial charge is 0.330 e. The predicted molar refractivity (Wildman–Crippen MR) is 72.5 cm³/mol. The Labute approximate surface area is 113 Å². The van der Waals surface area contributed by atoms with E-state index in [1.165, 1.54) is 6.08 Å². The number of carbonyl (C=O) groups is 1. The van der Waals surface area contributed by atoms with Crippen LogP contribution in [0.5, 0.6) is 0 Å². The Morgan fingerprint density at radius 2 is 2.11 bits per heavy atom. The number of benzene rings is 1. The first-order chi connectivity index (χ1) is 9.22. The first-order valence-corrected chi connectivity index (χ1v) is 6.35. The highest BCUT2D eigenvalue weighted by atomic mass is 16.5. The number of aliphatic hydroxyl groups is 1. The lowest BCUT2D eigenvalue weighted by Gasteiger charge is -2.09. The molecule has 1 aromatic rings. The molecule has 0 heterocycles. The molecule has 1 aromatic carbocycles. The molecule has 0 amide bonds. The number of rotatable bonds is 8. The lowest BCUT2D eigenvalue weighted by molar-refractivity contribution is -0.137. The summed E-state index contributed by atoms with van der Waals surface area (Å²) >= 11 is 0. The molecule has 0 unspecified atom stereocenters. The standard InChI is InChI=1S/C15H20O4/c1-2-19-15(17)10-6-9-14(16)12-18-11-13-7-4-3-5-8-13/h3-8,10,14,16H,2,9,11-12H2,1H3/b10-6-/t14-/m0/s1. The molecular formula is C15H20O4. The Balaban J connectivity index is 2.14. The quantitative estimate of drug-likeness (QED) is 0.577. The summed E-state index contributed by atoms with van der Waals surface area (Å²) in [5.74, 6) is -0.389. The van der Waals surface area contributed by atoms with E-state index < -0.39 is 6.10 Å². The summed E-state index contributed by atoms with van der Waals surface area (Å²) in [7, 11) is 0. The van der Waals surface area contributed by atoms with Crippen LogP contribution in [-0.4, -0.2) is 30.4 Å². The van der Waals surface area contributed by atoms with Crippen molar-refractivity contribution in [2.24, 2.45) is 0 Å². The van der Waals surface area contributed by atoms with E-state index >= 15 is 0 Å².